The van der Waals surface area contributed by atoms with Crippen molar-refractivity contribution in [2.45, 2.75) is 19.9 Å². The van der Waals surface area contributed by atoms with Crippen LogP contribution in [0.5, 0.6) is 5.75 Å². The van der Waals surface area contributed by atoms with Crippen molar-refractivity contribution in [1.82, 2.24) is 25.7 Å². The summed E-state index contributed by atoms with van der Waals surface area (Å²) < 4.78 is 0. The molecule has 4 aromatic rings. The molecule has 0 spiro atoms. The quantitative estimate of drug-likeness (QED) is 0.333. The van der Waals surface area contributed by atoms with Crippen LogP contribution >= 0.6 is 0 Å². The van der Waals surface area contributed by atoms with E-state index in [0.717, 1.165) is 16.7 Å². The van der Waals surface area contributed by atoms with Gasteiger partial charge in [0.05, 0.1) is 5.69 Å². The molecule has 3 aromatic carbocycles. The zero-order chi connectivity index (χ0) is 24.6. The number of nitrogens with one attached hydrogen (secondary N) is 1. The monoisotopic (exact) mass is 468 g/mol. The topological polar surface area (TPSA) is 152 Å². The van der Waals surface area contributed by atoms with Crippen molar-refractivity contribution >= 4 is 17.3 Å². The fourth-order valence-electron chi connectivity index (χ4n) is 3.22. The number of azo groups is 1. The second kappa shape index (κ2) is 11.0. The Hall–Kier alpha value is -4.57. The Morgan fingerprint density at radius 3 is 2.26 bits per heavy atom. The number of carbonyl (C=O) groups is 1. The first-order valence-corrected chi connectivity index (χ1v) is 11.0. The molecule has 35 heavy (non-hydrogen) atoms. The second-order valence-corrected chi connectivity index (χ2v) is 7.76. The molecule has 0 radical (unpaired) electrons. The molecular weight excluding hydrogens is 444 g/mol. The van der Waals surface area contributed by atoms with E-state index in [2.05, 4.69) is 35.9 Å². The number of carbonyl (C=O) groups excluding carboxylic acids is 1. The van der Waals surface area contributed by atoms with Crippen LogP contribution in [0, 0.1) is 6.92 Å². The Kier molecular flexibility index (Phi) is 7.44. The molecule has 0 bridgehead atoms. The Morgan fingerprint density at radius 1 is 0.914 bits per heavy atom. The molecule has 0 aliphatic rings. The molecule has 0 atom stereocenters. The van der Waals surface area contributed by atoms with E-state index in [4.69, 9.17) is 5.73 Å². The fourth-order valence-corrected chi connectivity index (χ4v) is 3.22. The lowest BCUT2D eigenvalue weighted by molar-refractivity contribution is 0.0951. The largest absolute Gasteiger partial charge is 0.506 e. The van der Waals surface area contributed by atoms with Gasteiger partial charge < -0.3 is 16.2 Å². The van der Waals surface area contributed by atoms with E-state index in [1.807, 2.05) is 30.3 Å². The Balaban J connectivity index is 1.32. The van der Waals surface area contributed by atoms with Gasteiger partial charge in [-0.2, -0.15) is 5.11 Å². The van der Waals surface area contributed by atoms with Crippen LogP contribution < -0.4 is 11.1 Å². The fraction of sp³-hybridized carbons (Fsp3) is 0.160. The molecular formula is C25H24N8O2. The molecule has 176 valence electrons. The standard InChI is InChI=1S/C25H24N8O2/c1-16-28-32-24(33-29-16)19-5-2-18(3-6-19)15-27-25(35)20-7-9-21(10-8-20)30-31-22-11-4-17(12-13-26)14-23(22)34/h2-11,14,34H,12-13,15,26H2,1H3,(H,27,35)/b31-30+. The van der Waals surface area contributed by atoms with Gasteiger partial charge in [0, 0.05) is 17.7 Å². The van der Waals surface area contributed by atoms with E-state index in [-0.39, 0.29) is 11.7 Å². The number of hydrogen-bond acceptors (Lipinski definition) is 9. The second-order valence-electron chi connectivity index (χ2n) is 7.76. The lowest BCUT2D eigenvalue weighted by Crippen LogP contribution is -2.22. The van der Waals surface area contributed by atoms with Gasteiger partial charge >= 0.3 is 0 Å². The highest BCUT2D eigenvalue weighted by Crippen LogP contribution is 2.29. The molecule has 1 amide bonds. The van der Waals surface area contributed by atoms with Crippen LogP contribution in [0.3, 0.4) is 0 Å². The molecule has 0 saturated carbocycles. The van der Waals surface area contributed by atoms with Crippen LogP contribution in [0.15, 0.2) is 77.0 Å². The number of aromatic hydroxyl groups is 1. The number of benzene rings is 3. The molecule has 1 heterocycles. The van der Waals surface area contributed by atoms with Crippen molar-refractivity contribution in [2.24, 2.45) is 16.0 Å². The van der Waals surface area contributed by atoms with Gasteiger partial charge in [0.2, 0.25) is 5.82 Å². The van der Waals surface area contributed by atoms with Crippen LogP contribution in [0.25, 0.3) is 11.4 Å². The summed E-state index contributed by atoms with van der Waals surface area (Å²) in [6.07, 6.45) is 0.678. The zero-order valence-corrected chi connectivity index (χ0v) is 19.1. The maximum absolute atomic E-state index is 12.5. The molecule has 0 saturated heterocycles. The number of phenolic OH excluding ortho intramolecular Hbond substituents is 1. The van der Waals surface area contributed by atoms with E-state index >= 15 is 0 Å². The predicted molar refractivity (Wildman–Crippen MR) is 130 cm³/mol. The summed E-state index contributed by atoms with van der Waals surface area (Å²) in [5, 5.41) is 37.1. The minimum atomic E-state index is -0.207. The number of nitrogens with zero attached hydrogens (tertiary/aromatic N) is 6. The third-order valence-electron chi connectivity index (χ3n) is 5.12. The van der Waals surface area contributed by atoms with E-state index in [0.29, 0.717) is 48.1 Å². The smallest absolute Gasteiger partial charge is 0.251 e. The highest BCUT2D eigenvalue weighted by Gasteiger charge is 2.07. The number of aromatic nitrogens is 4. The highest BCUT2D eigenvalue weighted by molar-refractivity contribution is 5.94. The molecule has 0 aliphatic heterocycles. The van der Waals surface area contributed by atoms with E-state index in [1.165, 1.54) is 0 Å². The molecule has 10 heteroatoms. The van der Waals surface area contributed by atoms with Gasteiger partial charge in [-0.25, -0.2) is 0 Å². The number of rotatable bonds is 8. The van der Waals surface area contributed by atoms with E-state index < -0.39 is 0 Å². The Bertz CT molecular complexity index is 1320. The first-order chi connectivity index (χ1) is 17.0. The van der Waals surface area contributed by atoms with Gasteiger partial charge in [0.15, 0.2) is 5.82 Å². The van der Waals surface area contributed by atoms with Crippen molar-refractivity contribution in [1.29, 1.82) is 0 Å². The summed E-state index contributed by atoms with van der Waals surface area (Å²) in [5.41, 5.74) is 9.62. The van der Waals surface area contributed by atoms with E-state index in [1.54, 1.807) is 43.3 Å². The van der Waals surface area contributed by atoms with Crippen molar-refractivity contribution in [3.8, 4) is 17.1 Å². The molecule has 4 N–H and O–H groups in total. The molecule has 4 rings (SSSR count). The predicted octanol–water partition coefficient (Wildman–Crippen LogP) is 3.79. The first kappa shape index (κ1) is 23.6. The van der Waals surface area contributed by atoms with Crippen LogP contribution in [0.2, 0.25) is 0 Å². The molecule has 0 fully saturated rings. The van der Waals surface area contributed by atoms with Crippen molar-refractivity contribution in [3.05, 3.63) is 89.2 Å². The summed E-state index contributed by atoms with van der Waals surface area (Å²) >= 11 is 0. The van der Waals surface area contributed by atoms with E-state index in [9.17, 15) is 9.90 Å². The minimum Gasteiger partial charge on any atom is -0.506 e. The normalized spacial score (nSPS) is 11.0. The third kappa shape index (κ3) is 6.27. The average Bonchev–Trinajstić information content (AvgIpc) is 2.88. The average molecular weight is 469 g/mol. The summed E-state index contributed by atoms with van der Waals surface area (Å²) in [4.78, 5) is 12.5. The lowest BCUT2D eigenvalue weighted by atomic mass is 10.1. The van der Waals surface area contributed by atoms with Crippen LogP contribution in [-0.2, 0) is 13.0 Å². The van der Waals surface area contributed by atoms with Crippen molar-refractivity contribution in [2.75, 3.05) is 6.54 Å². The van der Waals surface area contributed by atoms with Crippen LogP contribution in [0.1, 0.15) is 27.3 Å². The van der Waals surface area contributed by atoms with Crippen molar-refractivity contribution < 1.29 is 9.90 Å². The van der Waals surface area contributed by atoms with Gasteiger partial charge in [0.1, 0.15) is 11.4 Å². The molecule has 10 nitrogen and oxygen atoms in total. The number of phenols is 1. The number of nitrogens with two attached hydrogens (primary N) is 1. The third-order valence-corrected chi connectivity index (χ3v) is 5.12. The van der Waals surface area contributed by atoms with Gasteiger partial charge in [-0.05, 0) is 67.4 Å². The summed E-state index contributed by atoms with van der Waals surface area (Å²) in [5.74, 6) is 0.795. The molecule has 0 unspecified atom stereocenters. The Morgan fingerprint density at radius 2 is 1.60 bits per heavy atom. The SMILES string of the molecule is Cc1nnc(-c2ccc(CNC(=O)c3ccc(/N=N/c4ccc(CCN)cc4O)cc3)cc2)nn1. The molecule has 1 aromatic heterocycles. The summed E-state index contributed by atoms with van der Waals surface area (Å²) in [6, 6.07) is 19.4. The maximum atomic E-state index is 12.5. The summed E-state index contributed by atoms with van der Waals surface area (Å²) in [6.45, 7) is 2.60. The number of hydrogen-bond donors (Lipinski definition) is 3. The van der Waals surface area contributed by atoms with Crippen molar-refractivity contribution in [3.63, 3.8) is 0 Å². The maximum Gasteiger partial charge on any atom is 0.251 e. The lowest BCUT2D eigenvalue weighted by Gasteiger charge is -2.06. The Labute approximate surface area is 202 Å². The highest BCUT2D eigenvalue weighted by atomic mass is 16.3. The van der Waals surface area contributed by atoms with Gasteiger partial charge in [-0.1, -0.05) is 30.3 Å². The first-order valence-electron chi connectivity index (χ1n) is 11.0. The summed E-state index contributed by atoms with van der Waals surface area (Å²) in [7, 11) is 0. The van der Waals surface area contributed by atoms with Gasteiger partial charge in [-0.15, -0.1) is 25.5 Å². The number of amides is 1. The van der Waals surface area contributed by atoms with Crippen LogP contribution in [0.4, 0.5) is 11.4 Å². The van der Waals surface area contributed by atoms with Gasteiger partial charge in [-0.3, -0.25) is 4.79 Å². The minimum absolute atomic E-state index is 0.0449. The van der Waals surface area contributed by atoms with Crippen LogP contribution in [-0.4, -0.2) is 38.0 Å². The number of aryl methyl sites for hydroxylation is 1. The zero-order valence-electron chi connectivity index (χ0n) is 19.1. The molecule has 0 aliphatic carbocycles. The van der Waals surface area contributed by atoms with Gasteiger partial charge in [0.25, 0.3) is 5.91 Å².